The van der Waals surface area contributed by atoms with Gasteiger partial charge in [-0.25, -0.2) is 0 Å². The van der Waals surface area contributed by atoms with Crippen molar-refractivity contribution in [3.8, 4) is 0 Å². The van der Waals surface area contributed by atoms with Gasteiger partial charge in [0.1, 0.15) is 5.25 Å². The molecular weight excluding hydrogens is 324 g/mol. The lowest BCUT2D eigenvalue weighted by molar-refractivity contribution is -0.129. The molecule has 120 valence electrons. The summed E-state index contributed by atoms with van der Waals surface area (Å²) < 4.78 is 0. The molecule has 2 atom stereocenters. The Labute approximate surface area is 142 Å². The Morgan fingerprint density at radius 3 is 2.90 bits per heavy atom. The highest BCUT2D eigenvalue weighted by atomic mass is 35.5. The van der Waals surface area contributed by atoms with Crippen LogP contribution in [0.3, 0.4) is 0 Å². The van der Waals surface area contributed by atoms with Gasteiger partial charge < -0.3 is 10.6 Å². The van der Waals surface area contributed by atoms with Crippen LogP contribution >= 0.6 is 35.5 Å². The lowest BCUT2D eigenvalue weighted by Gasteiger charge is -2.27. The quantitative estimate of drug-likeness (QED) is 0.887. The number of aryl methyl sites for hydroxylation is 1. The van der Waals surface area contributed by atoms with Crippen molar-refractivity contribution in [2.75, 3.05) is 19.3 Å². The molecule has 3 nitrogen and oxygen atoms in total. The number of carbonyl (C=O) groups excluding carboxylic acids is 1. The Hall–Kier alpha value is -0.230. The molecular formula is C15H25ClN2OS2. The van der Waals surface area contributed by atoms with Gasteiger partial charge in [-0.15, -0.1) is 35.5 Å². The third-order valence-corrected chi connectivity index (χ3v) is 6.16. The van der Waals surface area contributed by atoms with Gasteiger partial charge in [0.05, 0.1) is 0 Å². The average molecular weight is 349 g/mol. The van der Waals surface area contributed by atoms with Crippen LogP contribution in [0.5, 0.6) is 0 Å². The first-order valence-corrected chi connectivity index (χ1v) is 9.12. The van der Waals surface area contributed by atoms with Gasteiger partial charge in [0.15, 0.2) is 0 Å². The zero-order valence-electron chi connectivity index (χ0n) is 12.9. The lowest BCUT2D eigenvalue weighted by atomic mass is 10.0. The van der Waals surface area contributed by atoms with Crippen molar-refractivity contribution in [2.24, 2.45) is 11.7 Å². The fourth-order valence-corrected chi connectivity index (χ4v) is 4.74. The van der Waals surface area contributed by atoms with E-state index in [0.717, 1.165) is 25.1 Å². The third-order valence-electron chi connectivity index (χ3n) is 3.93. The topological polar surface area (TPSA) is 46.3 Å². The number of fused-ring (bicyclic) bond motifs is 1. The normalized spacial score (nSPS) is 18.8. The van der Waals surface area contributed by atoms with Gasteiger partial charge in [-0.1, -0.05) is 13.8 Å². The maximum absolute atomic E-state index is 12.6. The molecule has 2 unspecified atom stereocenters. The highest BCUT2D eigenvalue weighted by molar-refractivity contribution is 8.00. The van der Waals surface area contributed by atoms with Gasteiger partial charge in [-0.05, 0) is 41.5 Å². The average Bonchev–Trinajstić information content (AvgIpc) is 2.91. The molecule has 0 fully saturated rings. The summed E-state index contributed by atoms with van der Waals surface area (Å²) in [6, 6.07) is 2.28. The Bertz CT molecular complexity index is 464. The van der Waals surface area contributed by atoms with E-state index in [1.807, 2.05) is 11.9 Å². The zero-order valence-corrected chi connectivity index (χ0v) is 15.3. The second kappa shape index (κ2) is 8.42. The number of rotatable bonds is 5. The highest BCUT2D eigenvalue weighted by Crippen LogP contribution is 2.40. The maximum Gasteiger partial charge on any atom is 0.239 e. The van der Waals surface area contributed by atoms with E-state index < -0.39 is 0 Å². The Kier molecular flexibility index (Phi) is 7.54. The van der Waals surface area contributed by atoms with Gasteiger partial charge in [-0.2, -0.15) is 0 Å². The number of thiophene rings is 1. The fourth-order valence-electron chi connectivity index (χ4n) is 2.34. The summed E-state index contributed by atoms with van der Waals surface area (Å²) in [5.41, 5.74) is 7.29. The van der Waals surface area contributed by atoms with Gasteiger partial charge in [0.25, 0.3) is 0 Å². The molecule has 1 aromatic rings. The molecule has 0 aliphatic carbocycles. The zero-order chi connectivity index (χ0) is 14.7. The molecule has 2 rings (SSSR count). The van der Waals surface area contributed by atoms with Gasteiger partial charge in [0, 0.05) is 24.5 Å². The van der Waals surface area contributed by atoms with E-state index in [2.05, 4.69) is 25.3 Å². The molecule has 1 aliphatic heterocycles. The fraction of sp³-hybridized carbons (Fsp3) is 0.667. The van der Waals surface area contributed by atoms with Crippen molar-refractivity contribution >= 4 is 41.4 Å². The van der Waals surface area contributed by atoms with E-state index in [0.29, 0.717) is 5.92 Å². The number of carbonyl (C=O) groups is 1. The standard InChI is InChI=1S/C15H24N2OS2.ClH/c1-10(2)12(16)4-7-17(3)15(18)14-11-5-8-19-13(11)6-9-20-14;/h5,8,10,12,14H,4,6-7,9,16H2,1-3H3;1H. The molecule has 1 aliphatic rings. The van der Waals surface area contributed by atoms with Crippen LogP contribution in [0.2, 0.25) is 0 Å². The first-order valence-electron chi connectivity index (χ1n) is 7.19. The van der Waals surface area contributed by atoms with E-state index in [4.69, 9.17) is 5.73 Å². The van der Waals surface area contributed by atoms with E-state index in [9.17, 15) is 4.79 Å². The van der Waals surface area contributed by atoms with Crippen LogP contribution < -0.4 is 5.73 Å². The number of amides is 1. The number of hydrogen-bond acceptors (Lipinski definition) is 4. The predicted octanol–water partition coefficient (Wildman–Crippen LogP) is 3.33. The van der Waals surface area contributed by atoms with Gasteiger partial charge >= 0.3 is 0 Å². The first kappa shape index (κ1) is 18.8. The van der Waals surface area contributed by atoms with Crippen LogP contribution in [-0.2, 0) is 11.2 Å². The van der Waals surface area contributed by atoms with Crippen LogP contribution in [0.25, 0.3) is 0 Å². The number of thioether (sulfide) groups is 1. The molecule has 2 N–H and O–H groups in total. The van der Waals surface area contributed by atoms with Crippen molar-refractivity contribution in [3.05, 3.63) is 21.9 Å². The number of halogens is 1. The van der Waals surface area contributed by atoms with Crippen molar-refractivity contribution in [3.63, 3.8) is 0 Å². The van der Waals surface area contributed by atoms with Crippen LogP contribution in [0.15, 0.2) is 11.4 Å². The summed E-state index contributed by atoms with van der Waals surface area (Å²) in [6.45, 7) is 5.00. The third kappa shape index (κ3) is 4.62. The Balaban J connectivity index is 0.00000220. The maximum atomic E-state index is 12.6. The summed E-state index contributed by atoms with van der Waals surface area (Å²) >= 11 is 3.55. The molecule has 0 saturated carbocycles. The predicted molar refractivity (Wildman–Crippen MR) is 95.5 cm³/mol. The van der Waals surface area contributed by atoms with Crippen LogP contribution in [0, 0.1) is 5.92 Å². The molecule has 1 aromatic heterocycles. The van der Waals surface area contributed by atoms with Crippen molar-refractivity contribution < 1.29 is 4.79 Å². The number of nitrogens with two attached hydrogens (primary N) is 1. The van der Waals surface area contributed by atoms with Crippen LogP contribution in [-0.4, -0.2) is 36.2 Å². The van der Waals surface area contributed by atoms with E-state index in [-0.39, 0.29) is 29.6 Å². The minimum atomic E-state index is -0.00901. The molecule has 0 bridgehead atoms. The lowest BCUT2D eigenvalue weighted by Crippen LogP contribution is -2.37. The van der Waals surface area contributed by atoms with Crippen LogP contribution in [0.1, 0.15) is 36.0 Å². The smallest absolute Gasteiger partial charge is 0.239 e. The monoisotopic (exact) mass is 348 g/mol. The van der Waals surface area contributed by atoms with Crippen molar-refractivity contribution in [1.82, 2.24) is 4.90 Å². The number of likely N-dealkylation sites (N-methyl/N-ethyl adjacent to an activating group) is 1. The second-order valence-electron chi connectivity index (χ2n) is 5.76. The minimum absolute atomic E-state index is 0. The molecule has 0 saturated heterocycles. The summed E-state index contributed by atoms with van der Waals surface area (Å²) in [7, 11) is 1.90. The van der Waals surface area contributed by atoms with Crippen molar-refractivity contribution in [1.29, 1.82) is 0 Å². The minimum Gasteiger partial charge on any atom is -0.344 e. The first-order chi connectivity index (χ1) is 9.50. The second-order valence-corrected chi connectivity index (χ2v) is 7.97. The van der Waals surface area contributed by atoms with Crippen molar-refractivity contribution in [2.45, 2.75) is 38.0 Å². The van der Waals surface area contributed by atoms with E-state index in [1.165, 1.54) is 10.4 Å². The molecule has 1 amide bonds. The van der Waals surface area contributed by atoms with Crippen LogP contribution in [0.4, 0.5) is 0 Å². The SMILES string of the molecule is CC(C)C(N)CCN(C)C(=O)C1SCCc2sccc21.Cl. The highest BCUT2D eigenvalue weighted by Gasteiger charge is 2.30. The summed E-state index contributed by atoms with van der Waals surface area (Å²) in [4.78, 5) is 15.8. The molecule has 0 spiro atoms. The summed E-state index contributed by atoms with van der Waals surface area (Å²) in [5, 5.41) is 2.09. The molecule has 21 heavy (non-hydrogen) atoms. The van der Waals surface area contributed by atoms with E-state index >= 15 is 0 Å². The molecule has 6 heteroatoms. The van der Waals surface area contributed by atoms with Gasteiger partial charge in [0.2, 0.25) is 5.91 Å². The molecule has 0 radical (unpaired) electrons. The summed E-state index contributed by atoms with van der Waals surface area (Å²) in [5.74, 6) is 1.74. The Morgan fingerprint density at radius 2 is 2.24 bits per heavy atom. The molecule has 2 heterocycles. The number of nitrogens with zero attached hydrogens (tertiary/aromatic N) is 1. The van der Waals surface area contributed by atoms with Gasteiger partial charge in [-0.3, -0.25) is 4.79 Å². The van der Waals surface area contributed by atoms with E-state index in [1.54, 1.807) is 23.1 Å². The number of hydrogen-bond donors (Lipinski definition) is 1. The summed E-state index contributed by atoms with van der Waals surface area (Å²) in [6.07, 6.45) is 1.97. The molecule has 0 aromatic carbocycles. The largest absolute Gasteiger partial charge is 0.344 e. The Morgan fingerprint density at radius 1 is 1.52 bits per heavy atom.